The van der Waals surface area contributed by atoms with Gasteiger partial charge >= 0.3 is 5.97 Å². The van der Waals surface area contributed by atoms with Gasteiger partial charge in [0.05, 0.1) is 13.0 Å². The summed E-state index contributed by atoms with van der Waals surface area (Å²) in [6.07, 6.45) is 1.07. The van der Waals surface area contributed by atoms with Crippen molar-refractivity contribution in [3.8, 4) is 0 Å². The largest absolute Gasteiger partial charge is 0.469 e. The van der Waals surface area contributed by atoms with Gasteiger partial charge in [0.25, 0.3) is 0 Å². The van der Waals surface area contributed by atoms with Crippen LogP contribution in [-0.2, 0) is 9.53 Å². The number of hydrogen-bond acceptors (Lipinski definition) is 3. The number of benzene rings is 1. The molecule has 1 saturated heterocycles. The van der Waals surface area contributed by atoms with Crippen LogP contribution in [0.1, 0.15) is 24.8 Å². The molecule has 4 unspecified atom stereocenters. The maximum atomic E-state index is 11.9. The van der Waals surface area contributed by atoms with Crippen LogP contribution >= 0.6 is 11.6 Å². The Bertz CT molecular complexity index is 649. The molecule has 2 fully saturated rings. The standard InChI is InChI=1S/C18H24ClN3O2/c1-11-9-22(10-15(11)17(23)24-3)18(20-2)21-16-8-14(16)12-5-4-6-13(19)7-12/h4-7,11,14-16H,8-10H2,1-3H3,(H,20,21). The van der Waals surface area contributed by atoms with Crippen molar-refractivity contribution in [2.45, 2.75) is 25.3 Å². The maximum absolute atomic E-state index is 11.9. The van der Waals surface area contributed by atoms with Crippen LogP contribution in [0.5, 0.6) is 0 Å². The molecule has 1 aliphatic heterocycles. The molecule has 4 atom stereocenters. The Morgan fingerprint density at radius 1 is 1.42 bits per heavy atom. The Labute approximate surface area is 148 Å². The van der Waals surface area contributed by atoms with E-state index in [0.29, 0.717) is 18.5 Å². The lowest BCUT2D eigenvalue weighted by Gasteiger charge is -2.21. The second-order valence-electron chi connectivity index (χ2n) is 6.71. The highest BCUT2D eigenvalue weighted by molar-refractivity contribution is 6.30. The van der Waals surface area contributed by atoms with Gasteiger partial charge in [0, 0.05) is 37.1 Å². The van der Waals surface area contributed by atoms with Crippen LogP contribution in [0.15, 0.2) is 29.3 Å². The van der Waals surface area contributed by atoms with Crippen molar-refractivity contribution >= 4 is 23.5 Å². The van der Waals surface area contributed by atoms with E-state index >= 15 is 0 Å². The quantitative estimate of drug-likeness (QED) is 0.517. The minimum atomic E-state index is -0.135. The molecule has 0 bridgehead atoms. The first-order valence-electron chi connectivity index (χ1n) is 8.35. The Morgan fingerprint density at radius 3 is 2.88 bits per heavy atom. The minimum absolute atomic E-state index is 0.0866. The highest BCUT2D eigenvalue weighted by Crippen LogP contribution is 2.41. The van der Waals surface area contributed by atoms with E-state index in [0.717, 1.165) is 23.9 Å². The molecule has 1 aromatic carbocycles. The minimum Gasteiger partial charge on any atom is -0.469 e. The van der Waals surface area contributed by atoms with Crippen molar-refractivity contribution in [2.24, 2.45) is 16.8 Å². The lowest BCUT2D eigenvalue weighted by atomic mass is 9.99. The van der Waals surface area contributed by atoms with Crippen LogP contribution < -0.4 is 5.32 Å². The molecule has 1 saturated carbocycles. The predicted molar refractivity (Wildman–Crippen MR) is 95.3 cm³/mol. The molecule has 0 amide bonds. The Hall–Kier alpha value is -1.75. The Morgan fingerprint density at radius 2 is 2.21 bits per heavy atom. The van der Waals surface area contributed by atoms with Crippen molar-refractivity contribution < 1.29 is 9.53 Å². The molecule has 0 spiro atoms. The molecule has 1 N–H and O–H groups in total. The van der Waals surface area contributed by atoms with Gasteiger partial charge in [-0.25, -0.2) is 0 Å². The summed E-state index contributed by atoms with van der Waals surface area (Å²) in [7, 11) is 3.24. The fraction of sp³-hybridized carbons (Fsp3) is 0.556. The highest BCUT2D eigenvalue weighted by atomic mass is 35.5. The van der Waals surface area contributed by atoms with Crippen LogP contribution in [0.3, 0.4) is 0 Å². The predicted octanol–water partition coefficient (Wildman–Crippen LogP) is 2.51. The summed E-state index contributed by atoms with van der Waals surface area (Å²) in [5.74, 6) is 1.37. The van der Waals surface area contributed by atoms with E-state index in [1.807, 2.05) is 18.2 Å². The molecule has 1 aromatic rings. The van der Waals surface area contributed by atoms with Crippen molar-refractivity contribution in [3.63, 3.8) is 0 Å². The van der Waals surface area contributed by atoms with Crippen LogP contribution in [0.4, 0.5) is 0 Å². The molecular formula is C18H24ClN3O2. The van der Waals surface area contributed by atoms with E-state index < -0.39 is 0 Å². The first-order valence-corrected chi connectivity index (χ1v) is 8.72. The average molecular weight is 350 g/mol. The number of carbonyl (C=O) groups is 1. The van der Waals surface area contributed by atoms with Gasteiger partial charge < -0.3 is 15.0 Å². The fourth-order valence-electron chi connectivity index (χ4n) is 3.52. The van der Waals surface area contributed by atoms with Crippen LogP contribution in [-0.4, -0.2) is 50.1 Å². The van der Waals surface area contributed by atoms with Crippen LogP contribution in [0.25, 0.3) is 0 Å². The number of methoxy groups -OCH3 is 1. The van der Waals surface area contributed by atoms with E-state index in [1.165, 1.54) is 12.7 Å². The zero-order valence-electron chi connectivity index (χ0n) is 14.3. The summed E-state index contributed by atoms with van der Waals surface area (Å²) in [4.78, 5) is 18.4. The molecule has 5 nitrogen and oxygen atoms in total. The van der Waals surface area contributed by atoms with Gasteiger partial charge in [0.1, 0.15) is 0 Å². The second kappa shape index (κ2) is 7.01. The molecule has 1 heterocycles. The van der Waals surface area contributed by atoms with E-state index in [1.54, 1.807) is 7.05 Å². The fourth-order valence-corrected chi connectivity index (χ4v) is 3.72. The third kappa shape index (κ3) is 3.51. The van der Waals surface area contributed by atoms with Gasteiger partial charge in [0.15, 0.2) is 5.96 Å². The number of carbonyl (C=O) groups excluding carboxylic acids is 1. The van der Waals surface area contributed by atoms with Crippen LogP contribution in [0.2, 0.25) is 5.02 Å². The molecule has 130 valence electrons. The summed E-state index contributed by atoms with van der Waals surface area (Å²) < 4.78 is 4.91. The Kier molecular flexibility index (Phi) is 4.99. The third-order valence-corrected chi connectivity index (χ3v) is 5.24. The zero-order chi connectivity index (χ0) is 17.3. The van der Waals surface area contributed by atoms with Crippen molar-refractivity contribution in [2.75, 3.05) is 27.2 Å². The molecule has 24 heavy (non-hydrogen) atoms. The second-order valence-corrected chi connectivity index (χ2v) is 7.14. The number of halogens is 1. The number of nitrogens with one attached hydrogen (secondary N) is 1. The van der Waals surface area contributed by atoms with E-state index in [2.05, 4.69) is 28.2 Å². The van der Waals surface area contributed by atoms with E-state index in [-0.39, 0.29) is 17.8 Å². The van der Waals surface area contributed by atoms with Gasteiger partial charge in [-0.3, -0.25) is 9.79 Å². The number of esters is 1. The van der Waals surface area contributed by atoms with Crippen LogP contribution in [0, 0.1) is 11.8 Å². The van der Waals surface area contributed by atoms with Gasteiger partial charge in [-0.15, -0.1) is 0 Å². The number of guanidine groups is 1. The number of hydrogen-bond donors (Lipinski definition) is 1. The molecule has 2 aliphatic rings. The number of ether oxygens (including phenoxy) is 1. The Balaban J connectivity index is 1.60. The highest BCUT2D eigenvalue weighted by Gasteiger charge is 2.42. The number of nitrogens with zero attached hydrogens (tertiary/aromatic N) is 2. The maximum Gasteiger partial charge on any atom is 0.310 e. The topological polar surface area (TPSA) is 53.9 Å². The molecule has 0 aromatic heterocycles. The van der Waals surface area contributed by atoms with Gasteiger partial charge in [0.2, 0.25) is 0 Å². The van der Waals surface area contributed by atoms with Gasteiger partial charge in [-0.1, -0.05) is 30.7 Å². The molecule has 1 aliphatic carbocycles. The lowest BCUT2D eigenvalue weighted by Crippen LogP contribution is -2.42. The van der Waals surface area contributed by atoms with Crippen molar-refractivity contribution in [1.29, 1.82) is 0 Å². The molecule has 6 heteroatoms. The van der Waals surface area contributed by atoms with Gasteiger partial charge in [-0.2, -0.15) is 0 Å². The van der Waals surface area contributed by atoms with Gasteiger partial charge in [-0.05, 0) is 30.0 Å². The zero-order valence-corrected chi connectivity index (χ0v) is 15.1. The summed E-state index contributed by atoms with van der Waals surface area (Å²) in [5, 5.41) is 4.30. The summed E-state index contributed by atoms with van der Waals surface area (Å²) >= 11 is 6.08. The van der Waals surface area contributed by atoms with Crippen molar-refractivity contribution in [1.82, 2.24) is 10.2 Å². The normalized spacial score (nSPS) is 29.5. The average Bonchev–Trinajstić information content (AvgIpc) is 3.25. The van der Waals surface area contributed by atoms with Crippen molar-refractivity contribution in [3.05, 3.63) is 34.9 Å². The number of aliphatic imine (C=N–C) groups is 1. The third-order valence-electron chi connectivity index (χ3n) is 5.01. The number of likely N-dealkylation sites (tertiary alicyclic amines) is 1. The molecule has 0 radical (unpaired) electrons. The lowest BCUT2D eigenvalue weighted by molar-refractivity contribution is -0.145. The SMILES string of the molecule is CN=C(NC1CC1c1cccc(Cl)c1)N1CC(C)C(C(=O)OC)C1. The molecule has 3 rings (SSSR count). The summed E-state index contributed by atoms with van der Waals surface area (Å²) in [6.45, 7) is 3.55. The summed E-state index contributed by atoms with van der Waals surface area (Å²) in [6, 6.07) is 8.40. The molecular weight excluding hydrogens is 326 g/mol. The van der Waals surface area contributed by atoms with E-state index in [4.69, 9.17) is 16.3 Å². The number of rotatable bonds is 3. The first-order chi connectivity index (χ1) is 11.5. The monoisotopic (exact) mass is 349 g/mol. The van der Waals surface area contributed by atoms with E-state index in [9.17, 15) is 4.79 Å². The summed E-state index contributed by atoms with van der Waals surface area (Å²) in [5.41, 5.74) is 1.26. The smallest absolute Gasteiger partial charge is 0.310 e. The first kappa shape index (κ1) is 17.1.